The summed E-state index contributed by atoms with van der Waals surface area (Å²) in [4.78, 5) is 10.4. The van der Waals surface area contributed by atoms with E-state index >= 15 is 0 Å². The van der Waals surface area contributed by atoms with E-state index in [1.54, 1.807) is 0 Å². The van der Waals surface area contributed by atoms with Gasteiger partial charge < -0.3 is 4.57 Å². The molecule has 0 radical (unpaired) electrons. The molecule has 0 atom stereocenters. The first-order valence-electron chi connectivity index (χ1n) is 5.08. The molecule has 2 nitrogen and oxygen atoms in total. The Bertz CT molecular complexity index is 288. The Morgan fingerprint density at radius 1 is 1.36 bits per heavy atom. The first kappa shape index (κ1) is 10.8. The SMILES string of the molecule is C=CCCCCCn1ccc(C=O)c1. The van der Waals surface area contributed by atoms with Crippen molar-refractivity contribution in [2.45, 2.75) is 32.2 Å². The molecule has 1 heterocycles. The minimum atomic E-state index is 0.760. The quantitative estimate of drug-likeness (QED) is 0.369. The molecule has 1 aromatic heterocycles. The van der Waals surface area contributed by atoms with Crippen LogP contribution in [0.5, 0.6) is 0 Å². The largest absolute Gasteiger partial charge is 0.354 e. The van der Waals surface area contributed by atoms with Crippen molar-refractivity contribution in [3.05, 3.63) is 36.7 Å². The average molecular weight is 191 g/mol. The Hall–Kier alpha value is -1.31. The fraction of sp³-hybridized carbons (Fsp3) is 0.417. The Labute approximate surface area is 85.2 Å². The topological polar surface area (TPSA) is 22.0 Å². The third-order valence-corrected chi connectivity index (χ3v) is 2.23. The molecule has 0 saturated carbocycles. The summed E-state index contributed by atoms with van der Waals surface area (Å²) in [6, 6.07) is 1.84. The third-order valence-electron chi connectivity index (χ3n) is 2.23. The second-order valence-corrected chi connectivity index (χ2v) is 3.44. The standard InChI is InChI=1S/C12H17NO/c1-2-3-4-5-6-8-13-9-7-12(10-13)11-14/h2,7,9-11H,1,3-6,8H2. The Kier molecular flexibility index (Phi) is 4.76. The summed E-state index contributed by atoms with van der Waals surface area (Å²) in [6.45, 7) is 4.69. The number of carbonyl (C=O) groups excluding carboxylic acids is 1. The molecule has 0 aliphatic carbocycles. The van der Waals surface area contributed by atoms with Gasteiger partial charge in [0.1, 0.15) is 0 Å². The van der Waals surface area contributed by atoms with Gasteiger partial charge in [0.15, 0.2) is 6.29 Å². The minimum absolute atomic E-state index is 0.760. The number of allylic oxidation sites excluding steroid dienone is 1. The van der Waals surface area contributed by atoms with Crippen LogP contribution >= 0.6 is 0 Å². The van der Waals surface area contributed by atoms with Crippen molar-refractivity contribution in [3.8, 4) is 0 Å². The summed E-state index contributed by atoms with van der Waals surface area (Å²) < 4.78 is 2.07. The van der Waals surface area contributed by atoms with E-state index in [0.29, 0.717) is 0 Å². The molecule has 1 rings (SSSR count). The molecule has 14 heavy (non-hydrogen) atoms. The van der Waals surface area contributed by atoms with Crippen molar-refractivity contribution >= 4 is 6.29 Å². The fourth-order valence-corrected chi connectivity index (χ4v) is 1.43. The third kappa shape index (κ3) is 3.60. The zero-order chi connectivity index (χ0) is 10.2. The maximum atomic E-state index is 10.4. The molecule has 0 saturated heterocycles. The molecular weight excluding hydrogens is 174 g/mol. The van der Waals surface area contributed by atoms with Crippen LogP contribution in [0.2, 0.25) is 0 Å². The summed E-state index contributed by atoms with van der Waals surface area (Å²) in [5, 5.41) is 0. The van der Waals surface area contributed by atoms with E-state index in [1.165, 1.54) is 19.3 Å². The van der Waals surface area contributed by atoms with Crippen LogP contribution in [-0.2, 0) is 6.54 Å². The molecule has 2 heteroatoms. The summed E-state index contributed by atoms with van der Waals surface area (Å²) in [6.07, 6.45) is 11.4. The predicted octanol–water partition coefficient (Wildman–Crippen LogP) is 3.05. The molecule has 0 aliphatic heterocycles. The van der Waals surface area contributed by atoms with Crippen LogP contribution < -0.4 is 0 Å². The Morgan fingerprint density at radius 3 is 2.86 bits per heavy atom. The van der Waals surface area contributed by atoms with Crippen molar-refractivity contribution in [2.75, 3.05) is 0 Å². The van der Waals surface area contributed by atoms with Crippen LogP contribution in [0, 0.1) is 0 Å². The van der Waals surface area contributed by atoms with Crippen LogP contribution in [0.4, 0.5) is 0 Å². The number of nitrogens with zero attached hydrogens (tertiary/aromatic N) is 1. The van der Waals surface area contributed by atoms with E-state index in [2.05, 4.69) is 11.1 Å². The van der Waals surface area contributed by atoms with Crippen molar-refractivity contribution in [2.24, 2.45) is 0 Å². The van der Waals surface area contributed by atoms with Crippen molar-refractivity contribution in [1.29, 1.82) is 0 Å². The van der Waals surface area contributed by atoms with Crippen LogP contribution in [0.3, 0.4) is 0 Å². The van der Waals surface area contributed by atoms with E-state index in [1.807, 2.05) is 24.5 Å². The highest BCUT2D eigenvalue weighted by atomic mass is 16.1. The number of carbonyl (C=O) groups is 1. The maximum Gasteiger partial charge on any atom is 0.151 e. The molecular formula is C12H17NO. The van der Waals surface area contributed by atoms with Crippen LogP contribution in [-0.4, -0.2) is 10.9 Å². The van der Waals surface area contributed by atoms with Gasteiger partial charge in [0.05, 0.1) is 0 Å². The Balaban J connectivity index is 2.17. The number of rotatable bonds is 7. The monoisotopic (exact) mass is 191 g/mol. The lowest BCUT2D eigenvalue weighted by atomic mass is 10.2. The van der Waals surface area contributed by atoms with Crippen LogP contribution in [0.1, 0.15) is 36.0 Å². The highest BCUT2D eigenvalue weighted by Gasteiger charge is 1.94. The zero-order valence-corrected chi connectivity index (χ0v) is 8.48. The summed E-state index contributed by atoms with van der Waals surface area (Å²) in [5.74, 6) is 0. The lowest BCUT2D eigenvalue weighted by Gasteiger charge is -2.01. The molecule has 0 spiro atoms. The number of hydrogen-bond donors (Lipinski definition) is 0. The van der Waals surface area contributed by atoms with Gasteiger partial charge in [0.25, 0.3) is 0 Å². The zero-order valence-electron chi connectivity index (χ0n) is 8.48. The number of aldehydes is 1. The van der Waals surface area contributed by atoms with Gasteiger partial charge in [-0.25, -0.2) is 0 Å². The van der Waals surface area contributed by atoms with Crippen LogP contribution in [0.15, 0.2) is 31.1 Å². The van der Waals surface area contributed by atoms with Gasteiger partial charge in [-0.05, 0) is 25.3 Å². The van der Waals surface area contributed by atoms with Gasteiger partial charge in [-0.3, -0.25) is 4.79 Å². The Morgan fingerprint density at radius 2 is 2.21 bits per heavy atom. The molecule has 0 unspecified atom stereocenters. The van der Waals surface area contributed by atoms with Gasteiger partial charge in [-0.1, -0.05) is 12.5 Å². The van der Waals surface area contributed by atoms with Crippen molar-refractivity contribution in [1.82, 2.24) is 4.57 Å². The van der Waals surface area contributed by atoms with Gasteiger partial charge in [-0.15, -0.1) is 6.58 Å². The van der Waals surface area contributed by atoms with Gasteiger partial charge >= 0.3 is 0 Å². The van der Waals surface area contributed by atoms with E-state index in [4.69, 9.17) is 0 Å². The molecule has 0 aliphatic rings. The summed E-state index contributed by atoms with van der Waals surface area (Å²) in [5.41, 5.74) is 0.760. The number of aromatic nitrogens is 1. The molecule has 1 aromatic rings. The molecule has 0 amide bonds. The van der Waals surface area contributed by atoms with E-state index in [-0.39, 0.29) is 0 Å². The maximum absolute atomic E-state index is 10.4. The average Bonchev–Trinajstić information content (AvgIpc) is 2.65. The first-order valence-corrected chi connectivity index (χ1v) is 5.08. The lowest BCUT2D eigenvalue weighted by molar-refractivity contribution is 0.112. The highest BCUT2D eigenvalue weighted by molar-refractivity contribution is 5.74. The number of unbranched alkanes of at least 4 members (excludes halogenated alkanes) is 3. The number of hydrogen-bond acceptors (Lipinski definition) is 1. The molecule has 76 valence electrons. The summed E-state index contributed by atoms with van der Waals surface area (Å²) in [7, 11) is 0. The number of aryl methyl sites for hydroxylation is 1. The summed E-state index contributed by atoms with van der Waals surface area (Å²) >= 11 is 0. The first-order chi connectivity index (χ1) is 6.86. The molecule has 0 N–H and O–H groups in total. The van der Waals surface area contributed by atoms with Crippen LogP contribution in [0.25, 0.3) is 0 Å². The molecule has 0 fully saturated rings. The highest BCUT2D eigenvalue weighted by Crippen LogP contribution is 2.04. The van der Waals surface area contributed by atoms with Gasteiger partial charge in [0.2, 0.25) is 0 Å². The van der Waals surface area contributed by atoms with Crippen molar-refractivity contribution < 1.29 is 4.79 Å². The molecule has 0 bridgehead atoms. The van der Waals surface area contributed by atoms with Gasteiger partial charge in [-0.2, -0.15) is 0 Å². The minimum Gasteiger partial charge on any atom is -0.354 e. The van der Waals surface area contributed by atoms with E-state index < -0.39 is 0 Å². The predicted molar refractivity (Wildman–Crippen MR) is 58.5 cm³/mol. The van der Waals surface area contributed by atoms with E-state index in [0.717, 1.165) is 24.8 Å². The second-order valence-electron chi connectivity index (χ2n) is 3.44. The lowest BCUT2D eigenvalue weighted by Crippen LogP contribution is -1.93. The molecule has 0 aromatic carbocycles. The fourth-order valence-electron chi connectivity index (χ4n) is 1.43. The van der Waals surface area contributed by atoms with E-state index in [9.17, 15) is 4.79 Å². The second kappa shape index (κ2) is 6.19. The van der Waals surface area contributed by atoms with Gasteiger partial charge in [0, 0.05) is 24.5 Å². The normalized spacial score (nSPS) is 10.0. The smallest absolute Gasteiger partial charge is 0.151 e. The van der Waals surface area contributed by atoms with Crippen molar-refractivity contribution in [3.63, 3.8) is 0 Å².